The number of rotatable bonds is 8. The van der Waals surface area contributed by atoms with Crippen molar-refractivity contribution in [2.45, 2.75) is 20.3 Å². The van der Waals surface area contributed by atoms with Crippen molar-refractivity contribution in [2.24, 2.45) is 5.92 Å². The van der Waals surface area contributed by atoms with E-state index in [0.29, 0.717) is 40.6 Å². The highest BCUT2D eigenvalue weighted by Gasteiger charge is 2.18. The van der Waals surface area contributed by atoms with Gasteiger partial charge in [-0.1, -0.05) is 19.9 Å². The number of benzene rings is 2. The van der Waals surface area contributed by atoms with E-state index >= 15 is 0 Å². The molecule has 0 fully saturated rings. The van der Waals surface area contributed by atoms with E-state index < -0.39 is 11.6 Å². The third-order valence-corrected chi connectivity index (χ3v) is 6.87. The average molecular weight is 538 g/mol. The zero-order valence-corrected chi connectivity index (χ0v) is 21.8. The molecule has 0 radical (unpaired) electrons. The summed E-state index contributed by atoms with van der Waals surface area (Å²) in [5, 5.41) is 8.35. The minimum absolute atomic E-state index is 0.205. The fourth-order valence-electron chi connectivity index (χ4n) is 4.71. The SMILES string of the molecule is CC(C)CCN(C=O)c1cncc(-c2ccc3[nH]nc(-c4nc5c(-c6ccc(F)cc6F)cncc5[nH]4)c3c2)c1. The molecule has 4 aromatic heterocycles. The van der Waals surface area contributed by atoms with Gasteiger partial charge in [0, 0.05) is 47.1 Å². The molecule has 2 N–H and O–H groups in total. The Morgan fingerprint density at radius 2 is 1.77 bits per heavy atom. The standard InChI is InChI=1S/C30H25F2N7O/c1-17(2)7-8-39(16-40)21-9-19(12-33-13-21)18-3-6-26-23(10-18)29(38-37-26)30-35-27-15-34-14-24(28(27)36-30)22-5-4-20(31)11-25(22)32/h3-6,9-17H,7-8H2,1-2H3,(H,35,36)(H,37,38). The predicted octanol–water partition coefficient (Wildman–Crippen LogP) is 6.52. The normalized spacial score (nSPS) is 11.5. The number of nitrogens with one attached hydrogen (secondary N) is 2. The van der Waals surface area contributed by atoms with E-state index in [9.17, 15) is 13.6 Å². The Labute approximate surface area is 228 Å². The Hall–Kier alpha value is -4.99. The fraction of sp³-hybridized carbons (Fsp3) is 0.167. The lowest BCUT2D eigenvalue weighted by Crippen LogP contribution is -2.23. The van der Waals surface area contributed by atoms with Crippen molar-refractivity contribution >= 4 is 34.0 Å². The summed E-state index contributed by atoms with van der Waals surface area (Å²) in [7, 11) is 0. The van der Waals surface area contributed by atoms with Gasteiger partial charge in [-0.15, -0.1) is 0 Å². The number of pyridine rings is 2. The van der Waals surface area contributed by atoms with Crippen LogP contribution in [0.4, 0.5) is 14.5 Å². The maximum atomic E-state index is 14.6. The summed E-state index contributed by atoms with van der Waals surface area (Å²) in [5.74, 6) is -0.400. The number of amides is 1. The Balaban J connectivity index is 1.40. The van der Waals surface area contributed by atoms with E-state index in [4.69, 9.17) is 4.98 Å². The Kier molecular flexibility index (Phi) is 6.51. The number of hydrogen-bond acceptors (Lipinski definition) is 5. The molecule has 0 unspecified atom stereocenters. The second-order valence-electron chi connectivity index (χ2n) is 10.0. The Morgan fingerprint density at radius 1 is 0.925 bits per heavy atom. The summed E-state index contributed by atoms with van der Waals surface area (Å²) in [5.41, 5.74) is 5.59. The van der Waals surface area contributed by atoms with Gasteiger partial charge in [-0.2, -0.15) is 5.10 Å². The monoisotopic (exact) mass is 537 g/mol. The molecule has 0 aliphatic carbocycles. The first-order chi connectivity index (χ1) is 19.4. The Bertz CT molecular complexity index is 1860. The molecule has 200 valence electrons. The number of carbonyl (C=O) groups excluding carboxylic acids is 1. The van der Waals surface area contributed by atoms with E-state index in [2.05, 4.69) is 39.0 Å². The van der Waals surface area contributed by atoms with Crippen LogP contribution in [0.1, 0.15) is 20.3 Å². The lowest BCUT2D eigenvalue weighted by molar-refractivity contribution is -0.107. The quantitative estimate of drug-likeness (QED) is 0.215. The summed E-state index contributed by atoms with van der Waals surface area (Å²) < 4.78 is 28.1. The van der Waals surface area contributed by atoms with Gasteiger partial charge in [-0.05, 0) is 48.2 Å². The maximum absolute atomic E-state index is 14.6. The van der Waals surface area contributed by atoms with E-state index in [1.54, 1.807) is 23.5 Å². The van der Waals surface area contributed by atoms with Crippen molar-refractivity contribution in [2.75, 3.05) is 11.4 Å². The van der Waals surface area contributed by atoms with Gasteiger partial charge in [0.05, 0.1) is 29.1 Å². The molecule has 6 aromatic rings. The molecule has 0 aliphatic rings. The minimum Gasteiger partial charge on any atom is -0.335 e. The number of aromatic amines is 2. The number of anilines is 1. The molecule has 0 aliphatic heterocycles. The van der Waals surface area contributed by atoms with Crippen LogP contribution >= 0.6 is 0 Å². The first kappa shape index (κ1) is 25.3. The molecule has 0 atom stereocenters. The molecule has 1 amide bonds. The van der Waals surface area contributed by atoms with Gasteiger partial charge in [0.25, 0.3) is 0 Å². The summed E-state index contributed by atoms with van der Waals surface area (Å²) in [6, 6.07) is 11.2. The number of hydrogen-bond donors (Lipinski definition) is 2. The summed E-state index contributed by atoms with van der Waals surface area (Å²) in [6.07, 6.45) is 8.27. The molecule has 0 saturated heterocycles. The van der Waals surface area contributed by atoms with Crippen LogP contribution in [0.5, 0.6) is 0 Å². The van der Waals surface area contributed by atoms with Crippen molar-refractivity contribution in [3.63, 3.8) is 0 Å². The molecular formula is C30H25F2N7O. The number of imidazole rings is 1. The fourth-order valence-corrected chi connectivity index (χ4v) is 4.71. The van der Waals surface area contributed by atoms with Crippen molar-refractivity contribution in [1.29, 1.82) is 0 Å². The third-order valence-electron chi connectivity index (χ3n) is 6.87. The van der Waals surface area contributed by atoms with Gasteiger partial charge in [-0.3, -0.25) is 19.9 Å². The summed E-state index contributed by atoms with van der Waals surface area (Å²) >= 11 is 0. The second kappa shape index (κ2) is 10.3. The predicted molar refractivity (Wildman–Crippen MR) is 150 cm³/mol. The summed E-state index contributed by atoms with van der Waals surface area (Å²) in [4.78, 5) is 30.0. The second-order valence-corrected chi connectivity index (χ2v) is 10.0. The topological polar surface area (TPSA) is 103 Å². The van der Waals surface area contributed by atoms with E-state index in [0.717, 1.165) is 46.6 Å². The zero-order chi connectivity index (χ0) is 27.8. The highest BCUT2D eigenvalue weighted by molar-refractivity contribution is 5.98. The molecule has 0 saturated carbocycles. The van der Waals surface area contributed by atoms with Gasteiger partial charge in [0.1, 0.15) is 22.8 Å². The number of nitrogens with zero attached hydrogens (tertiary/aromatic N) is 5. The minimum atomic E-state index is -0.693. The van der Waals surface area contributed by atoms with E-state index in [1.807, 2.05) is 24.3 Å². The molecule has 8 nitrogen and oxygen atoms in total. The smallest absolute Gasteiger partial charge is 0.214 e. The zero-order valence-electron chi connectivity index (χ0n) is 21.8. The van der Waals surface area contributed by atoms with Crippen LogP contribution in [-0.4, -0.2) is 43.1 Å². The van der Waals surface area contributed by atoms with Crippen LogP contribution in [0.2, 0.25) is 0 Å². The number of fused-ring (bicyclic) bond motifs is 2. The van der Waals surface area contributed by atoms with Gasteiger partial charge in [0.2, 0.25) is 6.41 Å². The highest BCUT2D eigenvalue weighted by Crippen LogP contribution is 2.34. The van der Waals surface area contributed by atoms with Gasteiger partial charge in [0.15, 0.2) is 5.82 Å². The van der Waals surface area contributed by atoms with Gasteiger partial charge < -0.3 is 9.88 Å². The molecule has 6 rings (SSSR count). The van der Waals surface area contributed by atoms with Crippen LogP contribution in [-0.2, 0) is 4.79 Å². The number of carbonyl (C=O) groups is 1. The van der Waals surface area contributed by atoms with E-state index in [-0.39, 0.29) is 5.56 Å². The first-order valence-electron chi connectivity index (χ1n) is 12.9. The molecule has 0 spiro atoms. The third kappa shape index (κ3) is 4.68. The summed E-state index contributed by atoms with van der Waals surface area (Å²) in [6.45, 7) is 4.85. The first-order valence-corrected chi connectivity index (χ1v) is 12.9. The van der Waals surface area contributed by atoms with Crippen molar-refractivity contribution < 1.29 is 13.6 Å². The van der Waals surface area contributed by atoms with Crippen molar-refractivity contribution in [3.8, 4) is 33.8 Å². The van der Waals surface area contributed by atoms with Crippen LogP contribution in [0.3, 0.4) is 0 Å². The molecule has 40 heavy (non-hydrogen) atoms. The number of H-pyrrole nitrogens is 2. The molecular weight excluding hydrogens is 512 g/mol. The van der Waals surface area contributed by atoms with Crippen molar-refractivity contribution in [3.05, 3.63) is 78.9 Å². The van der Waals surface area contributed by atoms with Gasteiger partial charge >= 0.3 is 0 Å². The largest absolute Gasteiger partial charge is 0.335 e. The number of halogens is 2. The van der Waals surface area contributed by atoms with Crippen LogP contribution in [0, 0.1) is 17.6 Å². The number of aromatic nitrogens is 6. The highest BCUT2D eigenvalue weighted by atomic mass is 19.1. The van der Waals surface area contributed by atoms with Crippen LogP contribution in [0.15, 0.2) is 67.3 Å². The molecule has 10 heteroatoms. The Morgan fingerprint density at radius 3 is 2.58 bits per heavy atom. The van der Waals surface area contributed by atoms with E-state index in [1.165, 1.54) is 18.3 Å². The lowest BCUT2D eigenvalue weighted by Gasteiger charge is -2.19. The lowest BCUT2D eigenvalue weighted by atomic mass is 10.0. The maximum Gasteiger partial charge on any atom is 0.214 e. The average Bonchev–Trinajstić information content (AvgIpc) is 3.57. The van der Waals surface area contributed by atoms with Gasteiger partial charge in [-0.25, -0.2) is 13.8 Å². The molecule has 4 heterocycles. The molecule has 2 aromatic carbocycles. The van der Waals surface area contributed by atoms with Crippen LogP contribution < -0.4 is 4.90 Å². The van der Waals surface area contributed by atoms with Crippen LogP contribution in [0.25, 0.3) is 55.7 Å². The van der Waals surface area contributed by atoms with Crippen molar-refractivity contribution in [1.82, 2.24) is 30.1 Å². The molecule has 0 bridgehead atoms.